The van der Waals surface area contributed by atoms with Crippen LogP contribution in [-0.4, -0.2) is 50.9 Å². The van der Waals surface area contributed by atoms with Gasteiger partial charge in [0.1, 0.15) is 0 Å². The first-order valence-electron chi connectivity index (χ1n) is 8.64. The summed E-state index contributed by atoms with van der Waals surface area (Å²) in [5, 5.41) is 14.0. The van der Waals surface area contributed by atoms with Crippen molar-refractivity contribution in [3.63, 3.8) is 0 Å². The standard InChI is InChI=1S/C18H18N6OS/c1-2-5-14(6-3-1)23-10-8-22(9-11-23)13-16-19-20-18-24(16)21-17(26-18)15-7-4-12-25-15/h1-7,12H,8-11,13H2. The molecule has 132 valence electrons. The maximum Gasteiger partial charge on any atom is 0.235 e. The van der Waals surface area contributed by atoms with Gasteiger partial charge in [-0.1, -0.05) is 29.5 Å². The molecule has 0 amide bonds. The first-order chi connectivity index (χ1) is 12.9. The van der Waals surface area contributed by atoms with Crippen molar-refractivity contribution in [1.29, 1.82) is 0 Å². The number of nitrogens with zero attached hydrogens (tertiary/aromatic N) is 6. The molecule has 4 heterocycles. The third kappa shape index (κ3) is 2.87. The molecule has 0 unspecified atom stereocenters. The summed E-state index contributed by atoms with van der Waals surface area (Å²) in [7, 11) is 0. The van der Waals surface area contributed by atoms with E-state index < -0.39 is 0 Å². The molecule has 7 nitrogen and oxygen atoms in total. The molecule has 0 radical (unpaired) electrons. The van der Waals surface area contributed by atoms with Crippen molar-refractivity contribution < 1.29 is 4.42 Å². The van der Waals surface area contributed by atoms with Crippen LogP contribution in [0.15, 0.2) is 53.1 Å². The number of hydrogen-bond donors (Lipinski definition) is 0. The lowest BCUT2D eigenvalue weighted by molar-refractivity contribution is 0.242. The fourth-order valence-electron chi connectivity index (χ4n) is 3.26. The number of hydrogen-bond acceptors (Lipinski definition) is 7. The average Bonchev–Trinajstić information content (AvgIpc) is 3.41. The minimum absolute atomic E-state index is 0.755. The van der Waals surface area contributed by atoms with Crippen LogP contribution >= 0.6 is 11.3 Å². The molecule has 5 rings (SSSR count). The van der Waals surface area contributed by atoms with Crippen molar-refractivity contribution >= 4 is 22.0 Å². The molecular formula is C18H18N6OS. The molecule has 1 aromatic carbocycles. The quantitative estimate of drug-likeness (QED) is 0.553. The molecule has 4 aromatic rings. The van der Waals surface area contributed by atoms with Crippen molar-refractivity contribution in [3.8, 4) is 10.8 Å². The Morgan fingerprint density at radius 2 is 1.81 bits per heavy atom. The minimum Gasteiger partial charge on any atom is -0.462 e. The highest BCUT2D eigenvalue weighted by atomic mass is 32.1. The predicted octanol–water partition coefficient (Wildman–Crippen LogP) is 2.77. The third-order valence-corrected chi connectivity index (χ3v) is 5.56. The van der Waals surface area contributed by atoms with Crippen LogP contribution in [0, 0.1) is 0 Å². The zero-order valence-electron chi connectivity index (χ0n) is 14.2. The Bertz CT molecular complexity index is 985. The molecule has 1 aliphatic rings. The van der Waals surface area contributed by atoms with E-state index >= 15 is 0 Å². The normalized spacial score (nSPS) is 15.8. The Balaban J connectivity index is 1.28. The highest BCUT2D eigenvalue weighted by Crippen LogP contribution is 2.26. The van der Waals surface area contributed by atoms with Crippen molar-refractivity contribution in [1.82, 2.24) is 24.7 Å². The van der Waals surface area contributed by atoms with Crippen molar-refractivity contribution in [3.05, 3.63) is 54.6 Å². The van der Waals surface area contributed by atoms with E-state index in [2.05, 4.69) is 55.4 Å². The van der Waals surface area contributed by atoms with Crippen LogP contribution < -0.4 is 4.90 Å². The largest absolute Gasteiger partial charge is 0.462 e. The minimum atomic E-state index is 0.755. The van der Waals surface area contributed by atoms with Crippen LogP contribution in [0.2, 0.25) is 0 Å². The van der Waals surface area contributed by atoms with E-state index in [-0.39, 0.29) is 0 Å². The van der Waals surface area contributed by atoms with Crippen LogP contribution in [0.25, 0.3) is 15.7 Å². The molecule has 1 fully saturated rings. The van der Waals surface area contributed by atoms with Gasteiger partial charge in [0, 0.05) is 31.9 Å². The second-order valence-electron chi connectivity index (χ2n) is 6.29. The Morgan fingerprint density at radius 3 is 2.58 bits per heavy atom. The zero-order chi connectivity index (χ0) is 17.3. The lowest BCUT2D eigenvalue weighted by atomic mass is 10.2. The molecule has 1 aliphatic heterocycles. The van der Waals surface area contributed by atoms with E-state index in [1.54, 1.807) is 6.26 Å². The van der Waals surface area contributed by atoms with Gasteiger partial charge in [0.25, 0.3) is 0 Å². The van der Waals surface area contributed by atoms with Gasteiger partial charge in [-0.15, -0.1) is 15.3 Å². The van der Waals surface area contributed by atoms with E-state index in [0.717, 1.165) is 54.3 Å². The molecule has 3 aromatic heterocycles. The van der Waals surface area contributed by atoms with Gasteiger partial charge in [-0.25, -0.2) is 0 Å². The maximum absolute atomic E-state index is 5.43. The average molecular weight is 366 g/mol. The van der Waals surface area contributed by atoms with Gasteiger partial charge in [0.15, 0.2) is 16.6 Å². The summed E-state index contributed by atoms with van der Waals surface area (Å²) >= 11 is 1.49. The second-order valence-corrected chi connectivity index (χ2v) is 7.25. The van der Waals surface area contributed by atoms with Crippen LogP contribution in [0.4, 0.5) is 5.69 Å². The summed E-state index contributed by atoms with van der Waals surface area (Å²) in [4.78, 5) is 5.63. The summed E-state index contributed by atoms with van der Waals surface area (Å²) in [6.07, 6.45) is 1.66. The van der Waals surface area contributed by atoms with Crippen LogP contribution in [0.1, 0.15) is 5.82 Å². The van der Waals surface area contributed by atoms with Gasteiger partial charge in [0.2, 0.25) is 4.96 Å². The number of furan rings is 1. The van der Waals surface area contributed by atoms with Gasteiger partial charge in [-0.2, -0.15) is 4.52 Å². The molecule has 26 heavy (non-hydrogen) atoms. The fourth-order valence-corrected chi connectivity index (χ4v) is 4.09. The molecule has 0 bridgehead atoms. The van der Waals surface area contributed by atoms with Gasteiger partial charge in [-0.3, -0.25) is 4.90 Å². The van der Waals surface area contributed by atoms with E-state index in [1.165, 1.54) is 17.0 Å². The smallest absolute Gasteiger partial charge is 0.235 e. The van der Waals surface area contributed by atoms with E-state index in [0.29, 0.717) is 0 Å². The van der Waals surface area contributed by atoms with Gasteiger partial charge >= 0.3 is 0 Å². The van der Waals surface area contributed by atoms with E-state index in [9.17, 15) is 0 Å². The van der Waals surface area contributed by atoms with E-state index in [4.69, 9.17) is 4.42 Å². The number of para-hydroxylation sites is 1. The Hall–Kier alpha value is -2.71. The maximum atomic E-state index is 5.43. The predicted molar refractivity (Wildman–Crippen MR) is 100 cm³/mol. The van der Waals surface area contributed by atoms with Crippen LogP contribution in [0.5, 0.6) is 0 Å². The monoisotopic (exact) mass is 366 g/mol. The van der Waals surface area contributed by atoms with Gasteiger partial charge in [0.05, 0.1) is 12.8 Å². The second kappa shape index (κ2) is 6.54. The fraction of sp³-hybridized carbons (Fsp3) is 0.278. The first kappa shape index (κ1) is 15.5. The molecule has 8 heteroatoms. The van der Waals surface area contributed by atoms with Crippen LogP contribution in [0.3, 0.4) is 0 Å². The van der Waals surface area contributed by atoms with Gasteiger partial charge in [-0.05, 0) is 24.3 Å². The Kier molecular flexibility index (Phi) is 3.91. The first-order valence-corrected chi connectivity index (χ1v) is 9.46. The Labute approximate surface area is 154 Å². The van der Waals surface area contributed by atoms with E-state index in [1.807, 2.05) is 16.6 Å². The van der Waals surface area contributed by atoms with Crippen molar-refractivity contribution in [2.45, 2.75) is 6.54 Å². The number of aromatic nitrogens is 4. The molecule has 0 N–H and O–H groups in total. The summed E-state index contributed by atoms with van der Waals surface area (Å²) in [6.45, 7) is 4.78. The third-order valence-electron chi connectivity index (χ3n) is 4.65. The molecular weight excluding hydrogens is 348 g/mol. The summed E-state index contributed by atoms with van der Waals surface area (Å²) in [5.41, 5.74) is 1.29. The summed E-state index contributed by atoms with van der Waals surface area (Å²) in [5.74, 6) is 1.64. The number of rotatable bonds is 4. The Morgan fingerprint density at radius 1 is 0.962 bits per heavy atom. The summed E-state index contributed by atoms with van der Waals surface area (Å²) < 4.78 is 7.27. The number of anilines is 1. The topological polar surface area (TPSA) is 62.7 Å². The van der Waals surface area contributed by atoms with Crippen LogP contribution in [-0.2, 0) is 6.54 Å². The molecule has 0 saturated carbocycles. The molecule has 0 spiro atoms. The number of piperazine rings is 1. The molecule has 0 atom stereocenters. The zero-order valence-corrected chi connectivity index (χ0v) is 15.0. The SMILES string of the molecule is c1ccc(N2CCN(Cc3nnc4sc(-c5ccco5)nn34)CC2)cc1. The van der Waals surface area contributed by atoms with Gasteiger partial charge < -0.3 is 9.32 Å². The summed E-state index contributed by atoms with van der Waals surface area (Å²) in [6, 6.07) is 14.4. The van der Waals surface area contributed by atoms with Crippen molar-refractivity contribution in [2.75, 3.05) is 31.1 Å². The molecule has 0 aliphatic carbocycles. The number of benzene rings is 1. The number of fused-ring (bicyclic) bond motifs is 1. The molecule has 1 saturated heterocycles. The highest BCUT2D eigenvalue weighted by molar-refractivity contribution is 7.19. The van der Waals surface area contributed by atoms with Crippen molar-refractivity contribution in [2.24, 2.45) is 0 Å². The lowest BCUT2D eigenvalue weighted by Gasteiger charge is -2.35. The lowest BCUT2D eigenvalue weighted by Crippen LogP contribution is -2.46. The highest BCUT2D eigenvalue weighted by Gasteiger charge is 2.21.